The number of oxazole rings is 1. The molecule has 0 saturated heterocycles. The monoisotopic (exact) mass is 176 g/mol. The summed E-state index contributed by atoms with van der Waals surface area (Å²) < 4.78 is 5.14. The zero-order valence-electron chi connectivity index (χ0n) is 6.84. The molecule has 66 valence electrons. The van der Waals surface area contributed by atoms with Crippen LogP contribution in [0.1, 0.15) is 5.69 Å². The topological polar surface area (TPSA) is 59.2 Å². The normalized spacial score (nSPS) is 10.2. The molecule has 0 bridgehead atoms. The van der Waals surface area contributed by atoms with Gasteiger partial charge < -0.3 is 9.52 Å². The lowest BCUT2D eigenvalue weighted by Gasteiger charge is -1.91. The van der Waals surface area contributed by atoms with Crippen LogP contribution in [0.4, 0.5) is 0 Å². The number of hydrogen-bond acceptors (Lipinski definition) is 4. The third-order valence-electron chi connectivity index (χ3n) is 1.64. The maximum atomic E-state index is 8.76. The van der Waals surface area contributed by atoms with Crippen LogP contribution in [0.5, 0.6) is 0 Å². The van der Waals surface area contributed by atoms with E-state index in [-0.39, 0.29) is 6.61 Å². The van der Waals surface area contributed by atoms with Crippen molar-refractivity contribution in [3.05, 3.63) is 36.5 Å². The summed E-state index contributed by atoms with van der Waals surface area (Å²) in [7, 11) is 0. The number of aliphatic hydroxyl groups is 1. The first-order valence-electron chi connectivity index (χ1n) is 3.86. The summed E-state index contributed by atoms with van der Waals surface area (Å²) >= 11 is 0. The molecule has 0 amide bonds. The van der Waals surface area contributed by atoms with Gasteiger partial charge in [-0.15, -0.1) is 0 Å². The second kappa shape index (κ2) is 3.37. The third kappa shape index (κ3) is 1.57. The molecule has 0 aliphatic heterocycles. The van der Waals surface area contributed by atoms with Crippen LogP contribution in [-0.4, -0.2) is 15.1 Å². The summed E-state index contributed by atoms with van der Waals surface area (Å²) in [6.07, 6.45) is 4.77. The van der Waals surface area contributed by atoms with E-state index in [1.165, 1.54) is 6.26 Å². The minimum atomic E-state index is -0.103. The van der Waals surface area contributed by atoms with E-state index in [0.717, 1.165) is 5.56 Å². The van der Waals surface area contributed by atoms with Gasteiger partial charge in [-0.05, 0) is 12.1 Å². The SMILES string of the molecule is OCc1coc(-c2ccncc2)n1. The fourth-order valence-corrected chi connectivity index (χ4v) is 1.01. The Morgan fingerprint density at radius 1 is 1.31 bits per heavy atom. The van der Waals surface area contributed by atoms with Gasteiger partial charge in [-0.1, -0.05) is 0 Å². The van der Waals surface area contributed by atoms with E-state index in [2.05, 4.69) is 9.97 Å². The molecule has 2 aromatic heterocycles. The largest absolute Gasteiger partial charge is 0.444 e. The van der Waals surface area contributed by atoms with Crippen molar-refractivity contribution in [3.8, 4) is 11.5 Å². The molecule has 2 aromatic rings. The number of hydrogen-bond donors (Lipinski definition) is 1. The molecule has 0 unspecified atom stereocenters. The molecular formula is C9H8N2O2. The first kappa shape index (κ1) is 7.94. The Labute approximate surface area is 74.9 Å². The summed E-state index contributed by atoms with van der Waals surface area (Å²) in [5.41, 5.74) is 1.39. The van der Waals surface area contributed by atoms with Crippen molar-refractivity contribution < 1.29 is 9.52 Å². The lowest BCUT2D eigenvalue weighted by Crippen LogP contribution is -1.82. The Balaban J connectivity index is 2.36. The van der Waals surface area contributed by atoms with Crippen LogP contribution in [0.15, 0.2) is 35.2 Å². The van der Waals surface area contributed by atoms with Gasteiger partial charge in [0, 0.05) is 18.0 Å². The molecule has 0 aromatic carbocycles. The average Bonchev–Trinajstić information content (AvgIpc) is 2.67. The zero-order chi connectivity index (χ0) is 9.10. The Morgan fingerprint density at radius 2 is 2.08 bits per heavy atom. The minimum Gasteiger partial charge on any atom is -0.444 e. The van der Waals surface area contributed by atoms with Gasteiger partial charge in [0.2, 0.25) is 5.89 Å². The number of nitrogens with zero attached hydrogens (tertiary/aromatic N) is 2. The smallest absolute Gasteiger partial charge is 0.226 e. The van der Waals surface area contributed by atoms with Crippen LogP contribution in [0.3, 0.4) is 0 Å². The van der Waals surface area contributed by atoms with Crippen LogP contribution in [-0.2, 0) is 6.61 Å². The van der Waals surface area contributed by atoms with E-state index in [4.69, 9.17) is 9.52 Å². The summed E-state index contributed by atoms with van der Waals surface area (Å²) in [6.45, 7) is -0.103. The Hall–Kier alpha value is -1.68. The van der Waals surface area contributed by atoms with Crippen LogP contribution in [0, 0.1) is 0 Å². The van der Waals surface area contributed by atoms with Crippen LogP contribution >= 0.6 is 0 Å². The number of rotatable bonds is 2. The molecule has 4 nitrogen and oxygen atoms in total. The lowest BCUT2D eigenvalue weighted by atomic mass is 10.3. The molecule has 1 N–H and O–H groups in total. The maximum Gasteiger partial charge on any atom is 0.226 e. The molecule has 0 radical (unpaired) electrons. The highest BCUT2D eigenvalue weighted by molar-refractivity contribution is 5.51. The molecule has 0 aliphatic rings. The number of pyridine rings is 1. The summed E-state index contributed by atoms with van der Waals surface area (Å²) in [5, 5.41) is 8.76. The predicted octanol–water partition coefficient (Wildman–Crippen LogP) is 1.23. The second-order valence-electron chi connectivity index (χ2n) is 2.54. The highest BCUT2D eigenvalue weighted by Gasteiger charge is 2.04. The van der Waals surface area contributed by atoms with E-state index in [1.807, 2.05) is 0 Å². The van der Waals surface area contributed by atoms with Gasteiger partial charge >= 0.3 is 0 Å². The van der Waals surface area contributed by atoms with Crippen molar-refractivity contribution in [1.82, 2.24) is 9.97 Å². The molecule has 0 atom stereocenters. The fourth-order valence-electron chi connectivity index (χ4n) is 1.01. The zero-order valence-corrected chi connectivity index (χ0v) is 6.84. The van der Waals surface area contributed by atoms with Gasteiger partial charge in [-0.2, -0.15) is 0 Å². The van der Waals surface area contributed by atoms with Gasteiger partial charge in [0.05, 0.1) is 6.61 Å². The Bertz CT molecular complexity index is 384. The third-order valence-corrected chi connectivity index (χ3v) is 1.64. The van der Waals surface area contributed by atoms with Crippen molar-refractivity contribution >= 4 is 0 Å². The molecule has 0 aliphatic carbocycles. The summed E-state index contributed by atoms with van der Waals surface area (Å²) in [6, 6.07) is 3.60. The molecule has 4 heteroatoms. The van der Waals surface area contributed by atoms with E-state index in [1.54, 1.807) is 24.5 Å². The molecule has 0 spiro atoms. The van der Waals surface area contributed by atoms with E-state index < -0.39 is 0 Å². The standard InChI is InChI=1S/C9H8N2O2/c12-5-8-6-13-9(11-8)7-1-3-10-4-2-7/h1-4,6,12H,5H2. The predicted molar refractivity (Wildman–Crippen MR) is 45.7 cm³/mol. The van der Waals surface area contributed by atoms with Crippen molar-refractivity contribution in [2.24, 2.45) is 0 Å². The minimum absolute atomic E-state index is 0.103. The van der Waals surface area contributed by atoms with Gasteiger partial charge in [-0.3, -0.25) is 4.98 Å². The molecule has 2 heterocycles. The molecule has 0 saturated carbocycles. The van der Waals surface area contributed by atoms with Gasteiger partial charge in [0.1, 0.15) is 12.0 Å². The van der Waals surface area contributed by atoms with Gasteiger partial charge in [-0.25, -0.2) is 4.98 Å². The summed E-state index contributed by atoms with van der Waals surface area (Å²) in [4.78, 5) is 7.93. The van der Waals surface area contributed by atoms with Gasteiger partial charge in [0.25, 0.3) is 0 Å². The van der Waals surface area contributed by atoms with Crippen LogP contribution < -0.4 is 0 Å². The van der Waals surface area contributed by atoms with E-state index in [9.17, 15) is 0 Å². The van der Waals surface area contributed by atoms with Gasteiger partial charge in [0.15, 0.2) is 0 Å². The van der Waals surface area contributed by atoms with Crippen molar-refractivity contribution in [2.45, 2.75) is 6.61 Å². The molecule has 0 fully saturated rings. The Morgan fingerprint density at radius 3 is 2.69 bits per heavy atom. The maximum absolute atomic E-state index is 8.76. The lowest BCUT2D eigenvalue weighted by molar-refractivity contribution is 0.276. The van der Waals surface area contributed by atoms with E-state index >= 15 is 0 Å². The molecule has 13 heavy (non-hydrogen) atoms. The quantitative estimate of drug-likeness (QED) is 0.747. The van der Waals surface area contributed by atoms with E-state index in [0.29, 0.717) is 11.6 Å². The summed E-state index contributed by atoms with van der Waals surface area (Å²) in [5.74, 6) is 0.506. The number of aliphatic hydroxyl groups excluding tert-OH is 1. The second-order valence-corrected chi connectivity index (χ2v) is 2.54. The highest BCUT2D eigenvalue weighted by Crippen LogP contribution is 2.16. The van der Waals surface area contributed by atoms with Crippen LogP contribution in [0.2, 0.25) is 0 Å². The van der Waals surface area contributed by atoms with Crippen molar-refractivity contribution in [2.75, 3.05) is 0 Å². The molecular weight excluding hydrogens is 168 g/mol. The van der Waals surface area contributed by atoms with Crippen molar-refractivity contribution in [1.29, 1.82) is 0 Å². The highest BCUT2D eigenvalue weighted by atomic mass is 16.3. The first-order chi connectivity index (χ1) is 6.40. The average molecular weight is 176 g/mol. The fraction of sp³-hybridized carbons (Fsp3) is 0.111. The number of aromatic nitrogens is 2. The van der Waals surface area contributed by atoms with Crippen molar-refractivity contribution in [3.63, 3.8) is 0 Å². The molecule has 2 rings (SSSR count). The first-order valence-corrected chi connectivity index (χ1v) is 3.86. The van der Waals surface area contributed by atoms with Crippen LogP contribution in [0.25, 0.3) is 11.5 Å². The Kier molecular flexibility index (Phi) is 2.06.